The van der Waals surface area contributed by atoms with Crippen molar-refractivity contribution in [2.24, 2.45) is 0 Å². The maximum atomic E-state index is 11.7. The third kappa shape index (κ3) is 3.19. The van der Waals surface area contributed by atoms with Crippen molar-refractivity contribution in [3.05, 3.63) is 18.5 Å². The third-order valence-corrected chi connectivity index (χ3v) is 3.66. The van der Waals surface area contributed by atoms with Crippen molar-refractivity contribution < 1.29 is 9.53 Å². The van der Waals surface area contributed by atoms with E-state index in [1.165, 1.54) is 0 Å². The maximum Gasteiger partial charge on any atom is 0.323 e. The molecule has 20 heavy (non-hydrogen) atoms. The Hall–Kier alpha value is -1.82. The van der Waals surface area contributed by atoms with Gasteiger partial charge in [0.2, 0.25) is 0 Å². The van der Waals surface area contributed by atoms with E-state index in [0.717, 1.165) is 31.9 Å². The van der Waals surface area contributed by atoms with Gasteiger partial charge in [0.1, 0.15) is 6.04 Å². The zero-order chi connectivity index (χ0) is 14.5. The molecule has 0 saturated carbocycles. The fourth-order valence-electron chi connectivity index (χ4n) is 2.45. The van der Waals surface area contributed by atoms with Gasteiger partial charge in [-0.1, -0.05) is 0 Å². The molecule has 1 atom stereocenters. The molecule has 0 aliphatic carbocycles. The van der Waals surface area contributed by atoms with Crippen LogP contribution in [0.15, 0.2) is 18.5 Å². The highest BCUT2D eigenvalue weighted by Gasteiger charge is 2.26. The largest absolute Gasteiger partial charge is 0.465 e. The predicted octanol–water partition coefficient (Wildman–Crippen LogP) is 0.737. The van der Waals surface area contributed by atoms with Crippen LogP contribution in [0.4, 0.5) is 11.4 Å². The number of piperazine rings is 1. The zero-order valence-electron chi connectivity index (χ0n) is 12.1. The molecule has 1 aliphatic rings. The Kier molecular flexibility index (Phi) is 4.79. The number of pyridine rings is 1. The first kappa shape index (κ1) is 14.6. The number of rotatable bonds is 4. The lowest BCUT2D eigenvalue weighted by molar-refractivity contribution is -0.149. The molecular weight excluding hydrogens is 256 g/mol. The van der Waals surface area contributed by atoms with Crippen molar-refractivity contribution in [1.82, 2.24) is 9.88 Å². The van der Waals surface area contributed by atoms with E-state index in [2.05, 4.69) is 14.8 Å². The van der Waals surface area contributed by atoms with Crippen LogP contribution in [0.25, 0.3) is 0 Å². The number of esters is 1. The Balaban J connectivity index is 1.92. The van der Waals surface area contributed by atoms with Gasteiger partial charge in [0.05, 0.1) is 24.2 Å². The number of nitrogens with zero attached hydrogens (tertiary/aromatic N) is 3. The van der Waals surface area contributed by atoms with E-state index < -0.39 is 0 Å². The van der Waals surface area contributed by atoms with Crippen LogP contribution < -0.4 is 10.6 Å². The van der Waals surface area contributed by atoms with Crippen molar-refractivity contribution >= 4 is 17.3 Å². The normalized spacial score (nSPS) is 17.8. The Bertz CT molecular complexity index is 458. The standard InChI is InChI=1S/C14H22N4O2/c1-3-20-14(19)11(2)17-6-8-18(9-7-17)13-4-5-16-10-12(13)15/h4-5,10-11H,3,6-9,15H2,1-2H3. The number of carbonyl (C=O) groups excluding carboxylic acids is 1. The highest BCUT2D eigenvalue weighted by molar-refractivity contribution is 5.75. The van der Waals surface area contributed by atoms with Gasteiger partial charge in [0.25, 0.3) is 0 Å². The summed E-state index contributed by atoms with van der Waals surface area (Å²) in [4.78, 5) is 20.1. The molecular formula is C14H22N4O2. The minimum Gasteiger partial charge on any atom is -0.465 e. The van der Waals surface area contributed by atoms with E-state index in [1.54, 1.807) is 12.4 Å². The van der Waals surface area contributed by atoms with E-state index in [9.17, 15) is 4.79 Å². The number of nitrogen functional groups attached to an aromatic ring is 1. The molecule has 0 aromatic carbocycles. The molecule has 1 unspecified atom stereocenters. The lowest BCUT2D eigenvalue weighted by Gasteiger charge is -2.38. The maximum absolute atomic E-state index is 11.7. The van der Waals surface area contributed by atoms with Crippen molar-refractivity contribution in [2.45, 2.75) is 19.9 Å². The van der Waals surface area contributed by atoms with Gasteiger partial charge < -0.3 is 15.4 Å². The van der Waals surface area contributed by atoms with Crippen LogP contribution in [0.2, 0.25) is 0 Å². The van der Waals surface area contributed by atoms with Crippen molar-refractivity contribution in [3.8, 4) is 0 Å². The van der Waals surface area contributed by atoms with Crippen LogP contribution in [0.3, 0.4) is 0 Å². The minimum atomic E-state index is -0.188. The Morgan fingerprint density at radius 3 is 2.75 bits per heavy atom. The van der Waals surface area contributed by atoms with Crippen molar-refractivity contribution in [1.29, 1.82) is 0 Å². The number of ether oxygens (including phenoxy) is 1. The number of aromatic nitrogens is 1. The Labute approximate surface area is 119 Å². The molecule has 6 heteroatoms. The number of anilines is 2. The second-order valence-corrected chi connectivity index (χ2v) is 4.89. The zero-order valence-corrected chi connectivity index (χ0v) is 12.1. The summed E-state index contributed by atoms with van der Waals surface area (Å²) >= 11 is 0. The van der Waals surface area contributed by atoms with Gasteiger partial charge in [-0.25, -0.2) is 0 Å². The van der Waals surface area contributed by atoms with Gasteiger partial charge in [-0.05, 0) is 19.9 Å². The third-order valence-electron chi connectivity index (χ3n) is 3.66. The molecule has 0 amide bonds. The first-order valence-corrected chi connectivity index (χ1v) is 6.98. The van der Waals surface area contributed by atoms with Crippen LogP contribution in [-0.4, -0.2) is 54.7 Å². The van der Waals surface area contributed by atoms with Gasteiger partial charge in [0, 0.05) is 32.4 Å². The number of nitrogens with two attached hydrogens (primary N) is 1. The molecule has 2 N–H and O–H groups in total. The summed E-state index contributed by atoms with van der Waals surface area (Å²) in [5, 5.41) is 0. The van der Waals surface area contributed by atoms with E-state index >= 15 is 0 Å². The minimum absolute atomic E-state index is 0.149. The summed E-state index contributed by atoms with van der Waals surface area (Å²) in [5.74, 6) is -0.149. The van der Waals surface area contributed by atoms with Crippen LogP contribution in [-0.2, 0) is 9.53 Å². The van der Waals surface area contributed by atoms with Gasteiger partial charge in [-0.2, -0.15) is 0 Å². The molecule has 2 rings (SSSR count). The highest BCUT2D eigenvalue weighted by atomic mass is 16.5. The average molecular weight is 278 g/mol. The van der Waals surface area contributed by atoms with Crippen molar-refractivity contribution in [2.75, 3.05) is 43.4 Å². The highest BCUT2D eigenvalue weighted by Crippen LogP contribution is 2.23. The molecule has 1 fully saturated rings. The molecule has 1 aliphatic heterocycles. The number of hydrogen-bond acceptors (Lipinski definition) is 6. The van der Waals surface area contributed by atoms with Gasteiger partial charge >= 0.3 is 5.97 Å². The molecule has 110 valence electrons. The second kappa shape index (κ2) is 6.56. The fourth-order valence-corrected chi connectivity index (χ4v) is 2.45. The lowest BCUT2D eigenvalue weighted by atomic mass is 10.2. The van der Waals surface area contributed by atoms with E-state index in [0.29, 0.717) is 12.3 Å². The summed E-state index contributed by atoms with van der Waals surface area (Å²) in [6.07, 6.45) is 3.42. The number of carbonyl (C=O) groups is 1. The Morgan fingerprint density at radius 1 is 1.45 bits per heavy atom. The molecule has 0 bridgehead atoms. The fraction of sp³-hybridized carbons (Fsp3) is 0.571. The first-order valence-electron chi connectivity index (χ1n) is 6.98. The van der Waals surface area contributed by atoms with Crippen LogP contribution in [0.5, 0.6) is 0 Å². The smallest absolute Gasteiger partial charge is 0.323 e. The molecule has 2 heterocycles. The molecule has 6 nitrogen and oxygen atoms in total. The molecule has 0 radical (unpaired) electrons. The van der Waals surface area contributed by atoms with E-state index in [-0.39, 0.29) is 12.0 Å². The monoisotopic (exact) mass is 278 g/mol. The van der Waals surface area contributed by atoms with Gasteiger partial charge in [-0.3, -0.25) is 14.7 Å². The second-order valence-electron chi connectivity index (χ2n) is 4.89. The van der Waals surface area contributed by atoms with Crippen LogP contribution in [0.1, 0.15) is 13.8 Å². The van der Waals surface area contributed by atoms with Crippen LogP contribution in [0, 0.1) is 0 Å². The predicted molar refractivity (Wildman–Crippen MR) is 78.5 cm³/mol. The summed E-state index contributed by atoms with van der Waals surface area (Å²) in [6.45, 7) is 7.49. The quantitative estimate of drug-likeness (QED) is 0.819. The Morgan fingerprint density at radius 2 is 2.15 bits per heavy atom. The van der Waals surface area contributed by atoms with Crippen molar-refractivity contribution in [3.63, 3.8) is 0 Å². The van der Waals surface area contributed by atoms with E-state index in [4.69, 9.17) is 10.5 Å². The van der Waals surface area contributed by atoms with Gasteiger partial charge in [-0.15, -0.1) is 0 Å². The summed E-state index contributed by atoms with van der Waals surface area (Å²) in [5.41, 5.74) is 7.65. The topological polar surface area (TPSA) is 71.7 Å². The average Bonchev–Trinajstić information content (AvgIpc) is 2.47. The van der Waals surface area contributed by atoms with E-state index in [1.807, 2.05) is 19.9 Å². The lowest BCUT2D eigenvalue weighted by Crippen LogP contribution is -2.52. The molecule has 0 spiro atoms. The number of hydrogen-bond donors (Lipinski definition) is 1. The summed E-state index contributed by atoms with van der Waals surface area (Å²) < 4.78 is 5.07. The summed E-state index contributed by atoms with van der Waals surface area (Å²) in [7, 11) is 0. The molecule has 1 aromatic rings. The first-order chi connectivity index (χ1) is 9.63. The van der Waals surface area contributed by atoms with Crippen LogP contribution >= 0.6 is 0 Å². The molecule has 1 saturated heterocycles. The van der Waals surface area contributed by atoms with Gasteiger partial charge in [0.15, 0.2) is 0 Å². The summed E-state index contributed by atoms with van der Waals surface area (Å²) in [6, 6.07) is 1.74. The molecule has 1 aromatic heterocycles. The SMILES string of the molecule is CCOC(=O)C(C)N1CCN(c2ccncc2N)CC1.